The van der Waals surface area contributed by atoms with E-state index in [-0.39, 0.29) is 22.2 Å². The highest BCUT2D eigenvalue weighted by Gasteiger charge is 2.24. The van der Waals surface area contributed by atoms with E-state index >= 15 is 0 Å². The minimum Gasteiger partial charge on any atom is -0.480 e. The zero-order valence-corrected chi connectivity index (χ0v) is 16.5. The molecular weight excluding hydrogens is 405 g/mol. The molecule has 0 aromatic heterocycles. The molecule has 0 aliphatic rings. The first kappa shape index (κ1) is 21.5. The van der Waals surface area contributed by atoms with Crippen LogP contribution in [0.25, 0.3) is 0 Å². The van der Waals surface area contributed by atoms with Gasteiger partial charge in [-0.05, 0) is 17.7 Å². The van der Waals surface area contributed by atoms with Crippen LogP contribution in [0, 0.1) is 0 Å². The molecule has 1 atom stereocenters. The topological polar surface area (TPSA) is 98.7 Å². The maximum absolute atomic E-state index is 12.4. The van der Waals surface area contributed by atoms with Crippen LogP contribution in [0.15, 0.2) is 48.5 Å². The van der Waals surface area contributed by atoms with Gasteiger partial charge in [0, 0.05) is 13.6 Å². The highest BCUT2D eigenvalue weighted by Crippen LogP contribution is 2.24. The number of rotatable bonds is 7. The number of hydrogen-bond donors (Lipinski definition) is 3. The molecule has 0 bridgehead atoms. The molecule has 0 unspecified atom stereocenters. The van der Waals surface area contributed by atoms with Crippen molar-refractivity contribution >= 4 is 41.1 Å². The number of carboxylic acids is 1. The summed E-state index contributed by atoms with van der Waals surface area (Å²) in [7, 11) is 1.58. The molecule has 2 aromatic carbocycles. The molecule has 0 aliphatic heterocycles. The van der Waals surface area contributed by atoms with Crippen molar-refractivity contribution in [3.63, 3.8) is 0 Å². The second kappa shape index (κ2) is 9.96. The lowest BCUT2D eigenvalue weighted by molar-refractivity contribution is -0.139. The third-order valence-electron chi connectivity index (χ3n) is 3.86. The molecule has 0 radical (unpaired) electrons. The summed E-state index contributed by atoms with van der Waals surface area (Å²) in [5.41, 5.74) is 0.904. The summed E-state index contributed by atoms with van der Waals surface area (Å²) in [6.07, 6.45) is 0. The number of carbonyl (C=O) groups excluding carboxylic acids is 2. The van der Waals surface area contributed by atoms with Crippen LogP contribution in [0.2, 0.25) is 10.0 Å². The summed E-state index contributed by atoms with van der Waals surface area (Å²) in [6, 6.07) is 12.0. The predicted molar refractivity (Wildman–Crippen MR) is 107 cm³/mol. The normalized spacial score (nSPS) is 11.4. The molecule has 0 fully saturated rings. The van der Waals surface area contributed by atoms with Crippen molar-refractivity contribution in [2.75, 3.05) is 13.6 Å². The lowest BCUT2D eigenvalue weighted by Gasteiger charge is -2.21. The smallest absolute Gasteiger partial charge is 0.328 e. The third kappa shape index (κ3) is 5.87. The van der Waals surface area contributed by atoms with Gasteiger partial charge in [-0.15, -0.1) is 0 Å². The average Bonchev–Trinajstić information content (AvgIpc) is 2.65. The summed E-state index contributed by atoms with van der Waals surface area (Å²) in [5.74, 6) is -2.04. The molecule has 148 valence electrons. The van der Waals surface area contributed by atoms with Crippen LogP contribution in [0.3, 0.4) is 0 Å². The molecule has 28 heavy (non-hydrogen) atoms. The fraction of sp³-hybridized carbons (Fsp3) is 0.211. The van der Waals surface area contributed by atoms with Crippen LogP contribution in [-0.4, -0.2) is 47.5 Å². The van der Waals surface area contributed by atoms with E-state index in [0.717, 1.165) is 5.56 Å². The standard InChI is InChI=1S/C19H19Cl2N3O4/c1-24(11-12-6-3-2-4-7-12)19(28)22-10-15(18(26)27)23-17(25)16-13(20)8-5-9-14(16)21/h2-9,15H,10-11H2,1H3,(H,22,28)(H,23,25)(H,26,27)/t15-/m0/s1. The predicted octanol–water partition coefficient (Wildman–Crippen LogP) is 3.02. The molecule has 0 saturated carbocycles. The summed E-state index contributed by atoms with van der Waals surface area (Å²) in [4.78, 5) is 37.4. The van der Waals surface area contributed by atoms with Crippen molar-refractivity contribution < 1.29 is 19.5 Å². The van der Waals surface area contributed by atoms with Crippen LogP contribution in [-0.2, 0) is 11.3 Å². The Morgan fingerprint density at radius 2 is 1.64 bits per heavy atom. The van der Waals surface area contributed by atoms with Crippen molar-refractivity contribution in [3.8, 4) is 0 Å². The van der Waals surface area contributed by atoms with Crippen molar-refractivity contribution in [3.05, 3.63) is 69.7 Å². The van der Waals surface area contributed by atoms with E-state index in [0.29, 0.717) is 6.54 Å². The number of urea groups is 1. The van der Waals surface area contributed by atoms with Gasteiger partial charge >= 0.3 is 12.0 Å². The second-order valence-corrected chi connectivity index (χ2v) is 6.80. The Labute approximate surface area is 172 Å². The Balaban J connectivity index is 1.96. The minimum absolute atomic E-state index is 0.0235. The summed E-state index contributed by atoms with van der Waals surface area (Å²) < 4.78 is 0. The number of nitrogens with one attached hydrogen (secondary N) is 2. The first-order valence-corrected chi connectivity index (χ1v) is 9.05. The van der Waals surface area contributed by atoms with Gasteiger partial charge in [-0.2, -0.15) is 0 Å². The highest BCUT2D eigenvalue weighted by atomic mass is 35.5. The SMILES string of the molecule is CN(Cc1ccccc1)C(=O)NC[C@H](NC(=O)c1c(Cl)cccc1Cl)C(=O)O. The lowest BCUT2D eigenvalue weighted by atomic mass is 10.2. The zero-order chi connectivity index (χ0) is 20.7. The van der Waals surface area contributed by atoms with Gasteiger partial charge in [0.2, 0.25) is 0 Å². The fourth-order valence-electron chi connectivity index (χ4n) is 2.40. The van der Waals surface area contributed by atoms with Gasteiger partial charge in [-0.3, -0.25) is 4.79 Å². The zero-order valence-electron chi connectivity index (χ0n) is 15.0. The quantitative estimate of drug-likeness (QED) is 0.637. The molecule has 3 amide bonds. The Bertz CT molecular complexity index is 841. The molecule has 2 aromatic rings. The molecule has 0 aliphatic carbocycles. The molecule has 0 saturated heterocycles. The van der Waals surface area contributed by atoms with Gasteiger partial charge in [0.1, 0.15) is 6.04 Å². The van der Waals surface area contributed by atoms with Crippen LogP contribution in [0.5, 0.6) is 0 Å². The monoisotopic (exact) mass is 423 g/mol. The van der Waals surface area contributed by atoms with Crippen LogP contribution < -0.4 is 10.6 Å². The first-order valence-electron chi connectivity index (χ1n) is 8.30. The maximum atomic E-state index is 12.4. The van der Waals surface area contributed by atoms with Crippen molar-refractivity contribution in [1.29, 1.82) is 0 Å². The fourth-order valence-corrected chi connectivity index (χ4v) is 2.97. The summed E-state index contributed by atoms with van der Waals surface area (Å²) >= 11 is 11.9. The Hall–Kier alpha value is -2.77. The number of amides is 3. The van der Waals surface area contributed by atoms with E-state index in [4.69, 9.17) is 23.2 Å². The summed E-state index contributed by atoms with van der Waals surface area (Å²) in [5, 5.41) is 14.4. The second-order valence-electron chi connectivity index (χ2n) is 5.99. The Kier molecular flexibility index (Phi) is 7.66. The van der Waals surface area contributed by atoms with Gasteiger partial charge in [0.15, 0.2) is 0 Å². The summed E-state index contributed by atoms with van der Waals surface area (Å²) in [6.45, 7) is 0.0487. The third-order valence-corrected chi connectivity index (χ3v) is 4.49. The van der Waals surface area contributed by atoms with E-state index in [9.17, 15) is 19.5 Å². The number of carbonyl (C=O) groups is 3. The molecule has 0 spiro atoms. The molecule has 0 heterocycles. The van der Waals surface area contributed by atoms with Crippen LogP contribution in [0.1, 0.15) is 15.9 Å². The number of aliphatic carboxylic acids is 1. The van der Waals surface area contributed by atoms with Crippen molar-refractivity contribution in [2.24, 2.45) is 0 Å². The van der Waals surface area contributed by atoms with Crippen LogP contribution in [0.4, 0.5) is 4.79 Å². The average molecular weight is 424 g/mol. The molecule has 9 heteroatoms. The number of carboxylic acid groups (broad SMARTS) is 1. The van der Waals surface area contributed by atoms with Gasteiger partial charge in [0.25, 0.3) is 5.91 Å². The molecule has 7 nitrogen and oxygen atoms in total. The lowest BCUT2D eigenvalue weighted by Crippen LogP contribution is -2.50. The van der Waals surface area contributed by atoms with Crippen molar-refractivity contribution in [2.45, 2.75) is 12.6 Å². The van der Waals surface area contributed by atoms with Crippen LogP contribution >= 0.6 is 23.2 Å². The minimum atomic E-state index is -1.35. The molecular formula is C19H19Cl2N3O4. The maximum Gasteiger partial charge on any atom is 0.328 e. The van der Waals surface area contributed by atoms with Gasteiger partial charge < -0.3 is 20.6 Å². The van der Waals surface area contributed by atoms with E-state index in [1.165, 1.54) is 17.0 Å². The number of benzene rings is 2. The number of hydrogen-bond acceptors (Lipinski definition) is 3. The van der Waals surface area contributed by atoms with E-state index in [2.05, 4.69) is 10.6 Å². The molecule has 2 rings (SSSR count). The number of nitrogens with zero attached hydrogens (tertiary/aromatic N) is 1. The Morgan fingerprint density at radius 1 is 1.04 bits per heavy atom. The Morgan fingerprint density at radius 3 is 2.21 bits per heavy atom. The van der Waals surface area contributed by atoms with Gasteiger partial charge in [-0.25, -0.2) is 9.59 Å². The van der Waals surface area contributed by atoms with Gasteiger partial charge in [-0.1, -0.05) is 59.6 Å². The highest BCUT2D eigenvalue weighted by molar-refractivity contribution is 6.39. The van der Waals surface area contributed by atoms with E-state index in [1.807, 2.05) is 30.3 Å². The van der Waals surface area contributed by atoms with Crippen molar-refractivity contribution in [1.82, 2.24) is 15.5 Å². The van der Waals surface area contributed by atoms with E-state index < -0.39 is 23.9 Å². The van der Waals surface area contributed by atoms with Gasteiger partial charge in [0.05, 0.1) is 22.2 Å². The van der Waals surface area contributed by atoms with E-state index in [1.54, 1.807) is 13.1 Å². The first-order chi connectivity index (χ1) is 13.3. The molecule has 3 N–H and O–H groups in total. The largest absolute Gasteiger partial charge is 0.480 e. The number of halogens is 2.